The molecule has 0 spiro atoms. The molecule has 7 heteroatoms. The number of carbonyl (C=O) groups excluding carboxylic acids is 2. The van der Waals surface area contributed by atoms with E-state index < -0.39 is 0 Å². The van der Waals surface area contributed by atoms with Crippen molar-refractivity contribution < 1.29 is 9.59 Å². The summed E-state index contributed by atoms with van der Waals surface area (Å²) in [7, 11) is 0. The van der Waals surface area contributed by atoms with E-state index in [1.807, 2.05) is 60.7 Å². The Balaban J connectivity index is 1.48. The molecule has 35 heavy (non-hydrogen) atoms. The number of hydrogen-bond acceptors (Lipinski definition) is 4. The van der Waals surface area contributed by atoms with Gasteiger partial charge in [-0.15, -0.1) is 0 Å². The van der Waals surface area contributed by atoms with Crippen molar-refractivity contribution >= 4 is 11.9 Å². The molecular weight excluding hydrogens is 438 g/mol. The molecule has 7 nitrogen and oxygen atoms in total. The molecule has 0 radical (unpaired) electrons. The predicted octanol–water partition coefficient (Wildman–Crippen LogP) is 3.75. The van der Waals surface area contributed by atoms with Crippen molar-refractivity contribution in [1.82, 2.24) is 25.4 Å². The first-order valence-electron chi connectivity index (χ1n) is 12.2. The average Bonchev–Trinajstić information content (AvgIpc) is 2.93. The van der Waals surface area contributed by atoms with E-state index in [2.05, 4.69) is 32.7 Å². The molecule has 1 atom stereocenters. The molecule has 2 N–H and O–H groups in total. The highest BCUT2D eigenvalue weighted by atomic mass is 16.2. The van der Waals surface area contributed by atoms with Gasteiger partial charge in [0.25, 0.3) is 0 Å². The van der Waals surface area contributed by atoms with Crippen LogP contribution in [0.3, 0.4) is 0 Å². The van der Waals surface area contributed by atoms with Gasteiger partial charge in [-0.3, -0.25) is 14.7 Å². The van der Waals surface area contributed by atoms with Crippen LogP contribution in [0.5, 0.6) is 0 Å². The number of nitrogens with zero attached hydrogens (tertiary/aromatic N) is 3. The third kappa shape index (κ3) is 7.39. The van der Waals surface area contributed by atoms with E-state index in [9.17, 15) is 9.59 Å². The van der Waals surface area contributed by atoms with Crippen molar-refractivity contribution in [2.75, 3.05) is 26.2 Å². The van der Waals surface area contributed by atoms with E-state index in [1.54, 1.807) is 17.3 Å². The lowest BCUT2D eigenvalue weighted by Gasteiger charge is -2.32. The van der Waals surface area contributed by atoms with Gasteiger partial charge in [0.2, 0.25) is 5.91 Å². The fourth-order valence-electron chi connectivity index (χ4n) is 4.44. The Morgan fingerprint density at radius 1 is 0.914 bits per heavy atom. The molecule has 1 unspecified atom stereocenters. The second kappa shape index (κ2) is 12.7. The molecule has 2 aromatic carbocycles. The summed E-state index contributed by atoms with van der Waals surface area (Å²) in [5.74, 6) is -0.00914. The number of pyridine rings is 1. The lowest BCUT2D eigenvalue weighted by atomic mass is 10.00. The molecule has 3 amide bonds. The molecule has 1 saturated heterocycles. The number of rotatable bonds is 5. The molecule has 4 rings (SSSR count). The summed E-state index contributed by atoms with van der Waals surface area (Å²) < 4.78 is 0. The zero-order chi connectivity index (χ0) is 24.3. The van der Waals surface area contributed by atoms with E-state index in [4.69, 9.17) is 0 Å². The van der Waals surface area contributed by atoms with Crippen molar-refractivity contribution in [2.24, 2.45) is 0 Å². The number of nitrogens with one attached hydrogen (secondary N) is 2. The van der Waals surface area contributed by atoms with Crippen LogP contribution in [0, 0.1) is 0 Å². The van der Waals surface area contributed by atoms with Crippen LogP contribution in [0.4, 0.5) is 4.79 Å². The maximum Gasteiger partial charge on any atom is 0.317 e. The quantitative estimate of drug-likeness (QED) is 0.594. The molecule has 182 valence electrons. The first kappa shape index (κ1) is 24.4. The van der Waals surface area contributed by atoms with Gasteiger partial charge in [0.15, 0.2) is 0 Å². The van der Waals surface area contributed by atoms with Gasteiger partial charge in [0.05, 0.1) is 0 Å². The standard InChI is InChI=1S/C28H33N5O2/c34-27-20-26(25-10-5-2-6-11-25)33(22-24-12-14-29-15-13-24)18-7-17-32(19-16-30-27)28(35)31-21-23-8-3-1-4-9-23/h1-6,8-15,26H,7,16-22H2,(H,30,34)(H,31,35). The Bertz CT molecular complexity index is 1060. The smallest absolute Gasteiger partial charge is 0.317 e. The largest absolute Gasteiger partial charge is 0.354 e. The number of hydrogen-bond donors (Lipinski definition) is 2. The van der Waals surface area contributed by atoms with Gasteiger partial charge < -0.3 is 15.5 Å². The minimum Gasteiger partial charge on any atom is -0.354 e. The second-order valence-corrected chi connectivity index (χ2v) is 8.79. The van der Waals surface area contributed by atoms with Crippen LogP contribution >= 0.6 is 0 Å². The molecule has 0 aliphatic carbocycles. The van der Waals surface area contributed by atoms with Crippen LogP contribution < -0.4 is 10.6 Å². The highest BCUT2D eigenvalue weighted by molar-refractivity contribution is 5.77. The first-order chi connectivity index (χ1) is 17.2. The Labute approximate surface area is 207 Å². The van der Waals surface area contributed by atoms with Crippen molar-refractivity contribution in [1.29, 1.82) is 0 Å². The molecule has 2 heterocycles. The molecule has 1 aromatic heterocycles. The molecule has 1 aliphatic heterocycles. The van der Waals surface area contributed by atoms with Crippen LogP contribution in [0.25, 0.3) is 0 Å². The van der Waals surface area contributed by atoms with Gasteiger partial charge in [0.1, 0.15) is 0 Å². The third-order valence-electron chi connectivity index (χ3n) is 6.29. The summed E-state index contributed by atoms with van der Waals surface area (Å²) in [5, 5.41) is 6.04. The molecule has 0 bridgehead atoms. The molecule has 0 saturated carbocycles. The Hall–Kier alpha value is -3.71. The van der Waals surface area contributed by atoms with Crippen molar-refractivity contribution in [3.8, 4) is 0 Å². The Kier molecular flexibility index (Phi) is 8.84. The highest BCUT2D eigenvalue weighted by Crippen LogP contribution is 2.27. The SMILES string of the molecule is O=C1CC(c2ccccc2)N(Cc2ccncc2)CCCN(C(=O)NCc2ccccc2)CCN1. The summed E-state index contributed by atoms with van der Waals surface area (Å²) in [5.41, 5.74) is 3.32. The van der Waals surface area contributed by atoms with Crippen molar-refractivity contribution in [3.63, 3.8) is 0 Å². The van der Waals surface area contributed by atoms with E-state index in [0.29, 0.717) is 39.1 Å². The van der Waals surface area contributed by atoms with Crippen LogP contribution in [0.15, 0.2) is 85.2 Å². The van der Waals surface area contributed by atoms with Gasteiger partial charge in [-0.05, 0) is 35.2 Å². The van der Waals surface area contributed by atoms with Crippen molar-refractivity contribution in [3.05, 3.63) is 102 Å². The monoisotopic (exact) mass is 471 g/mol. The van der Waals surface area contributed by atoms with E-state index in [1.165, 1.54) is 0 Å². The van der Waals surface area contributed by atoms with Crippen LogP contribution in [-0.4, -0.2) is 52.9 Å². The van der Waals surface area contributed by atoms with Crippen LogP contribution in [-0.2, 0) is 17.9 Å². The van der Waals surface area contributed by atoms with E-state index in [-0.39, 0.29) is 18.0 Å². The summed E-state index contributed by atoms with van der Waals surface area (Å²) in [6.07, 6.45) is 4.77. The van der Waals surface area contributed by atoms with E-state index >= 15 is 0 Å². The molecule has 3 aromatic rings. The van der Waals surface area contributed by atoms with Crippen molar-refractivity contribution in [2.45, 2.75) is 32.0 Å². The molecule has 1 aliphatic rings. The van der Waals surface area contributed by atoms with Crippen LogP contribution in [0.2, 0.25) is 0 Å². The fraction of sp³-hybridized carbons (Fsp3) is 0.321. The number of amides is 3. The van der Waals surface area contributed by atoms with Gasteiger partial charge in [0, 0.05) is 64.1 Å². The lowest BCUT2D eigenvalue weighted by Crippen LogP contribution is -2.44. The maximum atomic E-state index is 12.9. The third-order valence-corrected chi connectivity index (χ3v) is 6.29. The van der Waals surface area contributed by atoms with Gasteiger partial charge in [-0.2, -0.15) is 0 Å². The molecular formula is C28H33N5O2. The summed E-state index contributed by atoms with van der Waals surface area (Å²) in [6.45, 7) is 3.47. The Morgan fingerprint density at radius 2 is 1.63 bits per heavy atom. The predicted molar refractivity (Wildman–Crippen MR) is 136 cm³/mol. The zero-order valence-corrected chi connectivity index (χ0v) is 20.0. The summed E-state index contributed by atoms with van der Waals surface area (Å²) in [6, 6.07) is 23.9. The normalized spacial score (nSPS) is 17.8. The zero-order valence-electron chi connectivity index (χ0n) is 20.0. The topological polar surface area (TPSA) is 77.6 Å². The minimum absolute atomic E-state index is 0.00914. The van der Waals surface area contributed by atoms with E-state index in [0.717, 1.165) is 29.7 Å². The summed E-state index contributed by atoms with van der Waals surface area (Å²) >= 11 is 0. The fourth-order valence-corrected chi connectivity index (χ4v) is 4.44. The first-order valence-corrected chi connectivity index (χ1v) is 12.2. The minimum atomic E-state index is -0.109. The summed E-state index contributed by atoms with van der Waals surface area (Å²) in [4.78, 5) is 34.1. The lowest BCUT2D eigenvalue weighted by molar-refractivity contribution is -0.122. The number of carbonyl (C=O) groups is 2. The van der Waals surface area contributed by atoms with Crippen LogP contribution in [0.1, 0.15) is 35.6 Å². The van der Waals surface area contributed by atoms with Gasteiger partial charge in [-0.25, -0.2) is 4.79 Å². The number of urea groups is 1. The maximum absolute atomic E-state index is 12.9. The number of benzene rings is 2. The highest BCUT2D eigenvalue weighted by Gasteiger charge is 2.25. The molecule has 1 fully saturated rings. The van der Waals surface area contributed by atoms with Gasteiger partial charge >= 0.3 is 6.03 Å². The number of aromatic nitrogens is 1. The average molecular weight is 472 g/mol. The second-order valence-electron chi connectivity index (χ2n) is 8.79. The Morgan fingerprint density at radius 3 is 2.37 bits per heavy atom. The van der Waals surface area contributed by atoms with Gasteiger partial charge in [-0.1, -0.05) is 60.7 Å².